The summed E-state index contributed by atoms with van der Waals surface area (Å²) in [4.78, 5) is 8.68. The van der Waals surface area contributed by atoms with Crippen LogP contribution >= 0.6 is 11.6 Å². The Bertz CT molecular complexity index is 942. The number of para-hydroxylation sites is 1. The van der Waals surface area contributed by atoms with Gasteiger partial charge in [-0.25, -0.2) is 4.98 Å². The summed E-state index contributed by atoms with van der Waals surface area (Å²) in [5, 5.41) is 1.86. The fourth-order valence-electron chi connectivity index (χ4n) is 2.97. The van der Waals surface area contributed by atoms with Crippen molar-refractivity contribution >= 4 is 22.5 Å². The number of fused-ring (bicyclic) bond motifs is 1. The van der Waals surface area contributed by atoms with Gasteiger partial charge in [-0.15, -0.1) is 0 Å². The third kappa shape index (κ3) is 2.60. The number of halogens is 1. The molecule has 0 fully saturated rings. The molecule has 0 radical (unpaired) electrons. The van der Waals surface area contributed by atoms with Gasteiger partial charge >= 0.3 is 0 Å². The van der Waals surface area contributed by atoms with Gasteiger partial charge in [0.2, 0.25) is 0 Å². The highest BCUT2D eigenvalue weighted by Gasteiger charge is 2.18. The number of hydrogen-bond donors (Lipinski definition) is 0. The molecule has 0 spiro atoms. The summed E-state index contributed by atoms with van der Waals surface area (Å²) in [6.45, 7) is 0. The predicted octanol–water partition coefficient (Wildman–Crippen LogP) is 4.72. The molecule has 0 aliphatic carbocycles. The Morgan fingerprint density at radius 1 is 0.957 bits per heavy atom. The third-order valence-electron chi connectivity index (χ3n) is 3.96. The van der Waals surface area contributed by atoms with Crippen molar-refractivity contribution in [2.24, 2.45) is 0 Å². The number of imidazole rings is 1. The number of pyridine rings is 1. The lowest BCUT2D eigenvalue weighted by molar-refractivity contribution is 0.681. The normalized spacial score (nSPS) is 12.4. The largest absolute Gasteiger partial charge is 0.326 e. The van der Waals surface area contributed by atoms with Crippen LogP contribution in [-0.2, 0) is 0 Å². The van der Waals surface area contributed by atoms with Crippen LogP contribution in [0.3, 0.4) is 0 Å². The molecule has 0 bridgehead atoms. The minimum absolute atomic E-state index is 0.00380. The molecular formula is C19H14ClN3. The first-order valence-electron chi connectivity index (χ1n) is 7.39. The second kappa shape index (κ2) is 5.86. The maximum Gasteiger partial charge on any atom is 0.0954 e. The van der Waals surface area contributed by atoms with Gasteiger partial charge in [0, 0.05) is 29.0 Å². The van der Waals surface area contributed by atoms with Crippen LogP contribution in [0.2, 0.25) is 5.02 Å². The molecule has 0 N–H and O–H groups in total. The summed E-state index contributed by atoms with van der Waals surface area (Å²) >= 11 is 6.22. The van der Waals surface area contributed by atoms with Gasteiger partial charge in [0.15, 0.2) is 0 Å². The lowest BCUT2D eigenvalue weighted by Crippen LogP contribution is -2.11. The fourth-order valence-corrected chi connectivity index (χ4v) is 3.17. The topological polar surface area (TPSA) is 30.7 Å². The summed E-state index contributed by atoms with van der Waals surface area (Å²) in [6, 6.07) is 18.2. The minimum Gasteiger partial charge on any atom is -0.326 e. The van der Waals surface area contributed by atoms with Gasteiger partial charge in [0.25, 0.3) is 0 Å². The van der Waals surface area contributed by atoms with Gasteiger partial charge < -0.3 is 4.57 Å². The molecule has 0 aliphatic heterocycles. The average Bonchev–Trinajstić information content (AvgIpc) is 3.10. The number of aromatic nitrogens is 3. The summed E-state index contributed by atoms with van der Waals surface area (Å²) in [5.41, 5.74) is 3.28. The van der Waals surface area contributed by atoms with E-state index in [-0.39, 0.29) is 6.04 Å². The van der Waals surface area contributed by atoms with Crippen molar-refractivity contribution in [1.29, 1.82) is 0 Å². The van der Waals surface area contributed by atoms with E-state index < -0.39 is 0 Å². The molecule has 2 aromatic heterocycles. The number of rotatable bonds is 3. The van der Waals surface area contributed by atoms with Crippen molar-refractivity contribution in [2.75, 3.05) is 0 Å². The number of hydrogen-bond acceptors (Lipinski definition) is 2. The Morgan fingerprint density at radius 3 is 2.70 bits per heavy atom. The van der Waals surface area contributed by atoms with E-state index in [0.29, 0.717) is 0 Å². The van der Waals surface area contributed by atoms with E-state index >= 15 is 0 Å². The van der Waals surface area contributed by atoms with E-state index in [1.54, 1.807) is 6.20 Å². The summed E-state index contributed by atoms with van der Waals surface area (Å²) < 4.78 is 2.09. The Morgan fingerprint density at radius 2 is 1.87 bits per heavy atom. The van der Waals surface area contributed by atoms with Crippen LogP contribution in [0.4, 0.5) is 0 Å². The Hall–Kier alpha value is -2.65. The lowest BCUT2D eigenvalue weighted by Gasteiger charge is -2.21. The zero-order valence-corrected chi connectivity index (χ0v) is 13.1. The maximum atomic E-state index is 6.22. The van der Waals surface area contributed by atoms with Crippen LogP contribution in [0.1, 0.15) is 17.2 Å². The molecule has 4 heteroatoms. The first-order valence-corrected chi connectivity index (χ1v) is 7.77. The molecule has 3 nitrogen and oxygen atoms in total. The SMILES string of the molecule is Clc1cccc(C(c2ccnc3ccccc23)n2ccnc2)c1. The molecule has 0 aliphatic rings. The highest BCUT2D eigenvalue weighted by Crippen LogP contribution is 2.32. The molecule has 23 heavy (non-hydrogen) atoms. The zero-order valence-electron chi connectivity index (χ0n) is 12.3. The van der Waals surface area contributed by atoms with Crippen LogP contribution in [0.15, 0.2) is 79.5 Å². The van der Waals surface area contributed by atoms with E-state index in [1.807, 2.05) is 55.1 Å². The van der Waals surface area contributed by atoms with E-state index in [2.05, 4.69) is 32.7 Å². The molecule has 112 valence electrons. The molecule has 4 rings (SSSR count). The van der Waals surface area contributed by atoms with E-state index in [0.717, 1.165) is 21.5 Å². The highest BCUT2D eigenvalue weighted by molar-refractivity contribution is 6.30. The average molecular weight is 320 g/mol. The quantitative estimate of drug-likeness (QED) is 0.547. The van der Waals surface area contributed by atoms with Crippen molar-refractivity contribution in [2.45, 2.75) is 6.04 Å². The van der Waals surface area contributed by atoms with Gasteiger partial charge in [0.05, 0.1) is 17.9 Å². The molecule has 1 unspecified atom stereocenters. The standard InChI is InChI=1S/C19H14ClN3/c20-15-5-3-4-14(12-15)19(23-11-10-21-13-23)17-8-9-22-18-7-2-1-6-16(17)18/h1-13,19H. The monoisotopic (exact) mass is 319 g/mol. The highest BCUT2D eigenvalue weighted by atomic mass is 35.5. The smallest absolute Gasteiger partial charge is 0.0954 e. The van der Waals surface area contributed by atoms with Crippen molar-refractivity contribution in [3.63, 3.8) is 0 Å². The number of benzene rings is 2. The first-order chi connectivity index (χ1) is 11.3. The van der Waals surface area contributed by atoms with Crippen molar-refractivity contribution in [1.82, 2.24) is 14.5 Å². The molecule has 0 saturated heterocycles. The van der Waals surface area contributed by atoms with Gasteiger partial charge in [-0.05, 0) is 35.4 Å². The fraction of sp³-hybridized carbons (Fsp3) is 0.0526. The zero-order chi connectivity index (χ0) is 15.6. The maximum absolute atomic E-state index is 6.22. The second-order valence-corrected chi connectivity index (χ2v) is 5.82. The van der Waals surface area contributed by atoms with Gasteiger partial charge in [-0.1, -0.05) is 41.9 Å². The molecule has 0 amide bonds. The van der Waals surface area contributed by atoms with Crippen molar-refractivity contribution in [3.05, 3.63) is 95.7 Å². The van der Waals surface area contributed by atoms with Crippen LogP contribution in [0.25, 0.3) is 10.9 Å². The van der Waals surface area contributed by atoms with Crippen molar-refractivity contribution < 1.29 is 0 Å². The Labute approximate surface area is 139 Å². The van der Waals surface area contributed by atoms with Crippen molar-refractivity contribution in [3.8, 4) is 0 Å². The van der Waals surface area contributed by atoms with Gasteiger partial charge in [-0.3, -0.25) is 4.98 Å². The Kier molecular flexibility index (Phi) is 3.56. The van der Waals surface area contributed by atoms with Crippen LogP contribution in [-0.4, -0.2) is 14.5 Å². The van der Waals surface area contributed by atoms with E-state index in [9.17, 15) is 0 Å². The summed E-state index contributed by atoms with van der Waals surface area (Å²) in [7, 11) is 0. The van der Waals surface area contributed by atoms with Gasteiger partial charge in [-0.2, -0.15) is 0 Å². The molecular weight excluding hydrogens is 306 g/mol. The molecule has 1 atom stereocenters. The van der Waals surface area contributed by atoms with Gasteiger partial charge in [0.1, 0.15) is 0 Å². The molecule has 2 heterocycles. The molecule has 4 aromatic rings. The van der Waals surface area contributed by atoms with Crippen LogP contribution in [0.5, 0.6) is 0 Å². The molecule has 0 saturated carbocycles. The summed E-state index contributed by atoms with van der Waals surface area (Å²) in [5.74, 6) is 0. The third-order valence-corrected chi connectivity index (χ3v) is 4.20. The lowest BCUT2D eigenvalue weighted by atomic mass is 9.95. The Balaban J connectivity index is 1.98. The number of nitrogens with zero attached hydrogens (tertiary/aromatic N) is 3. The second-order valence-electron chi connectivity index (χ2n) is 5.38. The molecule has 2 aromatic carbocycles. The van der Waals surface area contributed by atoms with Crippen LogP contribution < -0.4 is 0 Å². The van der Waals surface area contributed by atoms with E-state index in [4.69, 9.17) is 11.6 Å². The predicted molar refractivity (Wildman–Crippen MR) is 92.7 cm³/mol. The van der Waals surface area contributed by atoms with E-state index in [1.165, 1.54) is 5.56 Å². The van der Waals surface area contributed by atoms with Crippen LogP contribution in [0, 0.1) is 0 Å². The minimum atomic E-state index is 0.00380. The summed E-state index contributed by atoms with van der Waals surface area (Å²) in [6.07, 6.45) is 7.45. The first kappa shape index (κ1) is 14.0.